The lowest BCUT2D eigenvalue weighted by atomic mass is 10.1. The highest BCUT2D eigenvalue weighted by Gasteiger charge is 2.16. The molecule has 0 aromatic heterocycles. The summed E-state index contributed by atoms with van der Waals surface area (Å²) in [7, 11) is 1.41. The minimum Gasteiger partial charge on any atom is -0.494 e. The van der Waals surface area contributed by atoms with Crippen molar-refractivity contribution in [1.82, 2.24) is 5.32 Å². The fourth-order valence-electron chi connectivity index (χ4n) is 2.51. The molecule has 0 fully saturated rings. The number of hydrogen-bond acceptors (Lipinski definition) is 4. The van der Waals surface area contributed by atoms with Crippen LogP contribution in [0.2, 0.25) is 0 Å². The van der Waals surface area contributed by atoms with E-state index in [9.17, 15) is 9.18 Å². The van der Waals surface area contributed by atoms with Crippen molar-refractivity contribution in [2.45, 2.75) is 26.8 Å². The van der Waals surface area contributed by atoms with Crippen LogP contribution >= 0.6 is 0 Å². The smallest absolute Gasteiger partial charge is 0.251 e. The van der Waals surface area contributed by atoms with Crippen molar-refractivity contribution in [1.29, 1.82) is 0 Å². The Morgan fingerprint density at radius 3 is 2.31 bits per heavy atom. The van der Waals surface area contributed by atoms with Gasteiger partial charge in [-0.25, -0.2) is 4.39 Å². The van der Waals surface area contributed by atoms with E-state index in [0.29, 0.717) is 35.8 Å². The van der Waals surface area contributed by atoms with Crippen molar-refractivity contribution in [3.8, 4) is 17.2 Å². The quantitative estimate of drug-likeness (QED) is 0.768. The summed E-state index contributed by atoms with van der Waals surface area (Å²) in [6, 6.07) is 9.27. The topological polar surface area (TPSA) is 56.8 Å². The predicted octanol–water partition coefficient (Wildman–Crippen LogP) is 4.12. The number of amides is 1. The van der Waals surface area contributed by atoms with Gasteiger partial charge in [-0.15, -0.1) is 0 Å². The zero-order valence-electron chi connectivity index (χ0n) is 15.5. The van der Waals surface area contributed by atoms with Gasteiger partial charge >= 0.3 is 0 Å². The standard InChI is InChI=1S/C20H24FNO4/c1-5-25-18-10-8-15(12-19(18)26-6-2)20(23)22-13(3)14-7-9-17(24-4)16(21)11-14/h7-13H,5-6H2,1-4H3,(H,22,23). The molecule has 0 radical (unpaired) electrons. The van der Waals surface area contributed by atoms with E-state index in [1.807, 2.05) is 13.8 Å². The first-order valence-corrected chi connectivity index (χ1v) is 8.54. The third kappa shape index (κ3) is 4.65. The molecule has 1 amide bonds. The number of benzene rings is 2. The molecule has 2 aromatic carbocycles. The number of ether oxygens (including phenoxy) is 3. The lowest BCUT2D eigenvalue weighted by molar-refractivity contribution is 0.0939. The van der Waals surface area contributed by atoms with Crippen molar-refractivity contribution < 1.29 is 23.4 Å². The molecule has 0 aliphatic heterocycles. The molecule has 2 rings (SSSR count). The van der Waals surface area contributed by atoms with Crippen LogP contribution in [-0.4, -0.2) is 26.2 Å². The second-order valence-corrected chi connectivity index (χ2v) is 5.62. The maximum Gasteiger partial charge on any atom is 0.251 e. The Hall–Kier alpha value is -2.76. The summed E-state index contributed by atoms with van der Waals surface area (Å²) in [5, 5.41) is 2.86. The summed E-state index contributed by atoms with van der Waals surface area (Å²) in [5.74, 6) is 0.532. The summed E-state index contributed by atoms with van der Waals surface area (Å²) >= 11 is 0. The van der Waals surface area contributed by atoms with E-state index in [0.717, 1.165) is 0 Å². The largest absolute Gasteiger partial charge is 0.494 e. The van der Waals surface area contributed by atoms with E-state index >= 15 is 0 Å². The molecule has 6 heteroatoms. The van der Waals surface area contributed by atoms with Gasteiger partial charge in [-0.05, 0) is 56.7 Å². The van der Waals surface area contributed by atoms with Gasteiger partial charge in [0, 0.05) is 5.56 Å². The summed E-state index contributed by atoms with van der Waals surface area (Å²) in [4.78, 5) is 12.5. The van der Waals surface area contributed by atoms with Crippen LogP contribution in [0.25, 0.3) is 0 Å². The van der Waals surface area contributed by atoms with Crippen molar-refractivity contribution in [2.75, 3.05) is 20.3 Å². The molecular formula is C20H24FNO4. The fourth-order valence-corrected chi connectivity index (χ4v) is 2.51. The van der Waals surface area contributed by atoms with Crippen molar-refractivity contribution in [3.63, 3.8) is 0 Å². The van der Waals surface area contributed by atoms with Crippen molar-refractivity contribution in [3.05, 3.63) is 53.3 Å². The summed E-state index contributed by atoms with van der Waals surface area (Å²) < 4.78 is 29.8. The Kier molecular flexibility index (Phi) is 6.83. The second kappa shape index (κ2) is 9.08. The Morgan fingerprint density at radius 2 is 1.69 bits per heavy atom. The molecule has 0 heterocycles. The number of methoxy groups -OCH3 is 1. The van der Waals surface area contributed by atoms with Gasteiger partial charge in [-0.1, -0.05) is 6.07 Å². The normalized spacial score (nSPS) is 11.6. The van der Waals surface area contributed by atoms with E-state index in [4.69, 9.17) is 14.2 Å². The highest BCUT2D eigenvalue weighted by Crippen LogP contribution is 2.29. The molecule has 1 N–H and O–H groups in total. The highest BCUT2D eigenvalue weighted by atomic mass is 19.1. The molecule has 1 unspecified atom stereocenters. The molecule has 0 spiro atoms. The first-order chi connectivity index (χ1) is 12.5. The third-order valence-corrected chi connectivity index (χ3v) is 3.83. The maximum absolute atomic E-state index is 13.9. The monoisotopic (exact) mass is 361 g/mol. The fraction of sp³-hybridized carbons (Fsp3) is 0.350. The van der Waals surface area contributed by atoms with Crippen LogP contribution in [-0.2, 0) is 0 Å². The zero-order valence-corrected chi connectivity index (χ0v) is 15.5. The zero-order chi connectivity index (χ0) is 19.1. The molecule has 0 bridgehead atoms. The van der Waals surface area contributed by atoms with Crippen LogP contribution in [0, 0.1) is 5.82 Å². The first-order valence-electron chi connectivity index (χ1n) is 8.54. The Bertz CT molecular complexity index is 763. The Labute approximate surface area is 153 Å². The minimum absolute atomic E-state index is 0.167. The molecule has 0 aliphatic rings. The van der Waals surface area contributed by atoms with Crippen LogP contribution in [0.3, 0.4) is 0 Å². The molecule has 0 aliphatic carbocycles. The first kappa shape index (κ1) is 19.6. The predicted molar refractivity (Wildman–Crippen MR) is 97.6 cm³/mol. The van der Waals surface area contributed by atoms with E-state index in [2.05, 4.69) is 5.32 Å². The van der Waals surface area contributed by atoms with Gasteiger partial charge in [0.05, 0.1) is 26.4 Å². The van der Waals surface area contributed by atoms with Crippen molar-refractivity contribution in [2.24, 2.45) is 0 Å². The van der Waals surface area contributed by atoms with Gasteiger partial charge in [0.25, 0.3) is 5.91 Å². The number of nitrogens with one attached hydrogen (secondary N) is 1. The van der Waals surface area contributed by atoms with Gasteiger partial charge in [0.1, 0.15) is 0 Å². The molecule has 2 aromatic rings. The van der Waals surface area contributed by atoms with Crippen LogP contribution in [0.15, 0.2) is 36.4 Å². The maximum atomic E-state index is 13.9. The van der Waals surface area contributed by atoms with Crippen LogP contribution in [0.1, 0.15) is 42.7 Å². The lowest BCUT2D eigenvalue weighted by Gasteiger charge is -2.16. The molecular weight excluding hydrogens is 337 g/mol. The SMILES string of the molecule is CCOc1ccc(C(=O)NC(C)c2ccc(OC)c(F)c2)cc1OCC. The molecule has 0 saturated heterocycles. The molecule has 140 valence electrons. The van der Waals surface area contributed by atoms with E-state index < -0.39 is 5.82 Å². The van der Waals surface area contributed by atoms with Gasteiger partial charge < -0.3 is 19.5 Å². The minimum atomic E-state index is -0.467. The number of carbonyl (C=O) groups is 1. The summed E-state index contributed by atoms with van der Waals surface area (Å²) in [6.45, 7) is 6.50. The second-order valence-electron chi connectivity index (χ2n) is 5.62. The average Bonchev–Trinajstić information content (AvgIpc) is 2.63. The van der Waals surface area contributed by atoms with Crippen LogP contribution < -0.4 is 19.5 Å². The summed E-state index contributed by atoms with van der Waals surface area (Å²) in [5.41, 5.74) is 1.09. The lowest BCUT2D eigenvalue weighted by Crippen LogP contribution is -2.26. The number of hydrogen-bond donors (Lipinski definition) is 1. The highest BCUT2D eigenvalue weighted by molar-refractivity contribution is 5.95. The average molecular weight is 361 g/mol. The third-order valence-electron chi connectivity index (χ3n) is 3.83. The van der Waals surface area contributed by atoms with Crippen molar-refractivity contribution >= 4 is 5.91 Å². The number of rotatable bonds is 8. The Balaban J connectivity index is 2.15. The van der Waals surface area contributed by atoms with Crippen LogP contribution in [0.5, 0.6) is 17.2 Å². The van der Waals surface area contributed by atoms with Gasteiger partial charge in [-0.2, -0.15) is 0 Å². The van der Waals surface area contributed by atoms with Gasteiger partial charge in [-0.3, -0.25) is 4.79 Å². The number of carbonyl (C=O) groups excluding carboxylic acids is 1. The van der Waals surface area contributed by atoms with Crippen LogP contribution in [0.4, 0.5) is 4.39 Å². The van der Waals surface area contributed by atoms with Gasteiger partial charge in [0.2, 0.25) is 0 Å². The van der Waals surface area contributed by atoms with Gasteiger partial charge in [0.15, 0.2) is 23.1 Å². The molecule has 1 atom stereocenters. The van der Waals surface area contributed by atoms with E-state index in [-0.39, 0.29) is 17.7 Å². The molecule has 0 saturated carbocycles. The number of halogens is 1. The Morgan fingerprint density at radius 1 is 1.04 bits per heavy atom. The van der Waals surface area contributed by atoms with E-state index in [1.165, 1.54) is 19.2 Å². The molecule has 26 heavy (non-hydrogen) atoms. The van der Waals surface area contributed by atoms with E-state index in [1.54, 1.807) is 31.2 Å². The summed E-state index contributed by atoms with van der Waals surface area (Å²) in [6.07, 6.45) is 0. The molecule has 5 nitrogen and oxygen atoms in total.